The van der Waals surface area contributed by atoms with Crippen molar-refractivity contribution < 1.29 is 4.42 Å². The molecular weight excluding hydrogens is 623 g/mol. The molecule has 0 N–H and O–H groups in total. The number of nitrogens with zero attached hydrogens (tertiary/aromatic N) is 3. The Bertz CT molecular complexity index is 2910. The number of fused-ring (bicyclic) bond motifs is 5. The van der Waals surface area contributed by atoms with Crippen molar-refractivity contribution in [2.24, 2.45) is 0 Å². The Kier molecular flexibility index (Phi) is 6.78. The summed E-state index contributed by atoms with van der Waals surface area (Å²) in [7, 11) is 0. The molecule has 0 saturated heterocycles. The molecule has 0 spiro atoms. The van der Waals surface area contributed by atoms with Gasteiger partial charge in [-0.2, -0.15) is 0 Å². The molecule has 0 radical (unpaired) electrons. The molecule has 3 aromatic heterocycles. The Morgan fingerprint density at radius 2 is 1.00 bits per heavy atom. The molecule has 0 amide bonds. The predicted octanol–water partition coefficient (Wildman–Crippen LogP) is 12.4. The van der Waals surface area contributed by atoms with Gasteiger partial charge in [-0.1, -0.05) is 146 Å². The lowest BCUT2D eigenvalue weighted by atomic mass is 9.91. The fourth-order valence-electron chi connectivity index (χ4n) is 7.30. The van der Waals surface area contributed by atoms with Gasteiger partial charge in [0.1, 0.15) is 5.58 Å². The van der Waals surface area contributed by atoms with Crippen LogP contribution in [-0.2, 0) is 0 Å². The highest BCUT2D eigenvalue weighted by Crippen LogP contribution is 2.41. The number of benzene rings is 7. The van der Waals surface area contributed by atoms with Crippen LogP contribution in [0, 0.1) is 0 Å². The van der Waals surface area contributed by atoms with Crippen LogP contribution >= 0.6 is 0 Å². The highest BCUT2D eigenvalue weighted by atomic mass is 16.3. The summed E-state index contributed by atoms with van der Waals surface area (Å²) in [4.78, 5) is 14.7. The summed E-state index contributed by atoms with van der Waals surface area (Å²) in [6.07, 6.45) is 3.76. The molecule has 51 heavy (non-hydrogen) atoms. The van der Waals surface area contributed by atoms with Gasteiger partial charge in [0.15, 0.2) is 11.4 Å². The lowest BCUT2D eigenvalue weighted by Crippen LogP contribution is -1.96. The summed E-state index contributed by atoms with van der Waals surface area (Å²) in [5, 5.41) is 6.92. The molecule has 4 nitrogen and oxygen atoms in total. The summed E-state index contributed by atoms with van der Waals surface area (Å²) in [6, 6.07) is 57.2. The summed E-state index contributed by atoms with van der Waals surface area (Å²) in [5.41, 5.74) is 11.0. The van der Waals surface area contributed by atoms with E-state index in [1.54, 1.807) is 0 Å². The zero-order valence-corrected chi connectivity index (χ0v) is 27.5. The van der Waals surface area contributed by atoms with E-state index in [1.807, 2.05) is 42.7 Å². The first-order valence-electron chi connectivity index (χ1n) is 17.1. The van der Waals surface area contributed by atoms with Crippen molar-refractivity contribution in [1.82, 2.24) is 15.0 Å². The van der Waals surface area contributed by atoms with E-state index in [1.165, 1.54) is 27.1 Å². The molecule has 0 aliphatic rings. The summed E-state index contributed by atoms with van der Waals surface area (Å²) in [5.74, 6) is 0.705. The average molecular weight is 652 g/mol. The fourth-order valence-corrected chi connectivity index (χ4v) is 7.30. The molecule has 238 valence electrons. The van der Waals surface area contributed by atoms with E-state index in [0.29, 0.717) is 5.82 Å². The lowest BCUT2D eigenvalue weighted by molar-refractivity contribution is 0.667. The van der Waals surface area contributed by atoms with Gasteiger partial charge in [0.25, 0.3) is 0 Å². The van der Waals surface area contributed by atoms with Crippen molar-refractivity contribution in [1.29, 1.82) is 0 Å². The third-order valence-corrected chi connectivity index (χ3v) is 9.80. The van der Waals surface area contributed by atoms with Crippen molar-refractivity contribution in [3.8, 4) is 56.2 Å². The van der Waals surface area contributed by atoms with Crippen LogP contribution in [-0.4, -0.2) is 15.0 Å². The molecule has 0 fully saturated rings. The van der Waals surface area contributed by atoms with E-state index in [-0.39, 0.29) is 0 Å². The predicted molar refractivity (Wildman–Crippen MR) is 209 cm³/mol. The zero-order chi connectivity index (χ0) is 33.7. The van der Waals surface area contributed by atoms with Crippen molar-refractivity contribution >= 4 is 43.5 Å². The minimum absolute atomic E-state index is 0.705. The minimum Gasteiger partial charge on any atom is -0.454 e. The highest BCUT2D eigenvalue weighted by molar-refractivity contribution is 6.16. The van der Waals surface area contributed by atoms with Crippen molar-refractivity contribution in [2.45, 2.75) is 0 Å². The van der Waals surface area contributed by atoms with Crippen LogP contribution in [0.25, 0.3) is 99.6 Å². The molecule has 3 heterocycles. The Labute approximate surface area is 294 Å². The first kappa shape index (κ1) is 29.0. The third-order valence-electron chi connectivity index (χ3n) is 9.80. The first-order chi connectivity index (χ1) is 25.3. The van der Waals surface area contributed by atoms with Gasteiger partial charge in [-0.3, -0.25) is 4.98 Å². The Hall–Kier alpha value is -6.91. The molecule has 0 unspecified atom stereocenters. The summed E-state index contributed by atoms with van der Waals surface area (Å²) in [6.45, 7) is 0. The Morgan fingerprint density at radius 3 is 1.82 bits per heavy atom. The lowest BCUT2D eigenvalue weighted by Gasteiger charge is -2.13. The second kappa shape index (κ2) is 11.9. The normalized spacial score (nSPS) is 11.5. The third kappa shape index (κ3) is 5.04. The number of hydrogen-bond acceptors (Lipinski definition) is 4. The molecule has 0 aliphatic heterocycles. The van der Waals surface area contributed by atoms with Crippen molar-refractivity contribution in [2.75, 3.05) is 0 Å². The highest BCUT2D eigenvalue weighted by Gasteiger charge is 2.17. The van der Waals surface area contributed by atoms with E-state index < -0.39 is 0 Å². The quantitative estimate of drug-likeness (QED) is 0.186. The SMILES string of the molecule is c1ccc(-c2nc(-c3ccc(-c4ccc(-c5cncc6oc7ccccc7c56)c5ccccc45)cc3)cc(-c3ccc4ccccc4c3)n2)cc1. The Balaban J connectivity index is 1.07. The molecule has 10 aromatic rings. The van der Waals surface area contributed by atoms with Gasteiger partial charge in [-0.15, -0.1) is 0 Å². The van der Waals surface area contributed by atoms with Crippen LogP contribution in [0.4, 0.5) is 0 Å². The Morgan fingerprint density at radius 1 is 0.373 bits per heavy atom. The minimum atomic E-state index is 0.705. The number of pyridine rings is 1. The van der Waals surface area contributed by atoms with E-state index in [0.717, 1.165) is 66.7 Å². The molecule has 0 bridgehead atoms. The van der Waals surface area contributed by atoms with E-state index in [4.69, 9.17) is 14.4 Å². The maximum atomic E-state index is 6.18. The smallest absolute Gasteiger partial charge is 0.160 e. The number of aromatic nitrogens is 3. The number of para-hydroxylation sites is 1. The van der Waals surface area contributed by atoms with Gasteiger partial charge in [0.2, 0.25) is 0 Å². The number of furan rings is 1. The van der Waals surface area contributed by atoms with Gasteiger partial charge in [-0.25, -0.2) is 9.97 Å². The van der Waals surface area contributed by atoms with Crippen molar-refractivity contribution in [3.63, 3.8) is 0 Å². The largest absolute Gasteiger partial charge is 0.454 e. The zero-order valence-electron chi connectivity index (χ0n) is 27.5. The molecule has 0 atom stereocenters. The van der Waals surface area contributed by atoms with Crippen molar-refractivity contribution in [3.05, 3.63) is 176 Å². The molecule has 0 saturated carbocycles. The summed E-state index contributed by atoms with van der Waals surface area (Å²) >= 11 is 0. The monoisotopic (exact) mass is 651 g/mol. The number of hydrogen-bond donors (Lipinski definition) is 0. The molecule has 0 aliphatic carbocycles. The van der Waals surface area contributed by atoms with Gasteiger partial charge in [-0.05, 0) is 56.4 Å². The van der Waals surface area contributed by atoms with Gasteiger partial charge in [0.05, 0.1) is 17.6 Å². The molecular formula is C47H29N3O. The standard InChI is InChI=1S/C47H29N3O/c1-2-11-33(12-3-1)47-49-42(27-43(50-47)35-23-18-30-10-4-5-13-34(30)26-35)32-21-19-31(20-22-32)36-24-25-39(38-15-7-6-14-37(36)38)41-28-48-29-45-46(41)40-16-8-9-17-44(40)51-45/h1-29H. The van der Waals surface area contributed by atoms with E-state index >= 15 is 0 Å². The second-order valence-corrected chi connectivity index (χ2v) is 12.8. The fraction of sp³-hybridized carbons (Fsp3) is 0. The molecule has 7 aromatic carbocycles. The maximum Gasteiger partial charge on any atom is 0.160 e. The van der Waals surface area contributed by atoms with Crippen LogP contribution in [0.2, 0.25) is 0 Å². The topological polar surface area (TPSA) is 51.8 Å². The average Bonchev–Trinajstić information content (AvgIpc) is 3.60. The van der Waals surface area contributed by atoms with Crippen LogP contribution < -0.4 is 0 Å². The summed E-state index contributed by atoms with van der Waals surface area (Å²) < 4.78 is 6.18. The van der Waals surface area contributed by atoms with Crippen LogP contribution in [0.5, 0.6) is 0 Å². The van der Waals surface area contributed by atoms with Crippen LogP contribution in [0.3, 0.4) is 0 Å². The van der Waals surface area contributed by atoms with E-state index in [2.05, 4.69) is 138 Å². The first-order valence-corrected chi connectivity index (χ1v) is 17.1. The maximum absolute atomic E-state index is 6.18. The van der Waals surface area contributed by atoms with E-state index in [9.17, 15) is 0 Å². The molecule has 10 rings (SSSR count). The van der Waals surface area contributed by atoms with Crippen LogP contribution in [0.1, 0.15) is 0 Å². The van der Waals surface area contributed by atoms with Gasteiger partial charge >= 0.3 is 0 Å². The second-order valence-electron chi connectivity index (χ2n) is 12.8. The number of rotatable bonds is 5. The van der Waals surface area contributed by atoms with Gasteiger partial charge < -0.3 is 4.42 Å². The van der Waals surface area contributed by atoms with Gasteiger partial charge in [0, 0.05) is 39.2 Å². The van der Waals surface area contributed by atoms with Crippen LogP contribution in [0.15, 0.2) is 181 Å². The molecule has 4 heteroatoms.